The number of carbonyl (C=O) groups excluding carboxylic acids is 1. The fourth-order valence-corrected chi connectivity index (χ4v) is 2.75. The number of para-hydroxylation sites is 1. The van der Waals surface area contributed by atoms with Crippen molar-refractivity contribution in [3.63, 3.8) is 0 Å². The minimum Gasteiger partial charge on any atom is -0.493 e. The number of nitrogens with one attached hydrogen (secondary N) is 2. The van der Waals surface area contributed by atoms with Crippen LogP contribution in [0.15, 0.2) is 42.5 Å². The number of carbonyl (C=O) groups is 1. The van der Waals surface area contributed by atoms with Gasteiger partial charge in [-0.25, -0.2) is 4.79 Å². The Bertz CT molecular complexity index is 677. The molecule has 0 aliphatic carbocycles. The number of urea groups is 1. The zero-order chi connectivity index (χ0) is 16.7. The van der Waals surface area contributed by atoms with Gasteiger partial charge in [-0.15, -0.1) is 0 Å². The zero-order valence-electron chi connectivity index (χ0n) is 13.1. The standard InChI is InChI=1S/C17H19IN2O3/c1-22-15-8-3-5-12(16(15)23-2)9-10-19-17(21)20-14-7-4-6-13(18)11-14/h3-8,11H,9-10H2,1-2H3,(H2,19,20,21). The number of halogens is 1. The van der Waals surface area contributed by atoms with Crippen LogP contribution in [-0.2, 0) is 6.42 Å². The number of rotatable bonds is 6. The Kier molecular flexibility index (Phi) is 6.52. The molecule has 0 unspecified atom stereocenters. The molecule has 2 rings (SSSR count). The third-order valence-electron chi connectivity index (χ3n) is 3.25. The van der Waals surface area contributed by atoms with Gasteiger partial charge < -0.3 is 20.1 Å². The van der Waals surface area contributed by atoms with E-state index >= 15 is 0 Å². The molecule has 0 fully saturated rings. The first-order valence-electron chi connectivity index (χ1n) is 7.14. The first-order chi connectivity index (χ1) is 11.1. The summed E-state index contributed by atoms with van der Waals surface area (Å²) in [6.45, 7) is 0.499. The second-order valence-corrected chi connectivity index (χ2v) is 6.04. The van der Waals surface area contributed by atoms with Gasteiger partial charge in [0.25, 0.3) is 0 Å². The lowest BCUT2D eigenvalue weighted by atomic mass is 10.1. The van der Waals surface area contributed by atoms with Crippen molar-refractivity contribution in [1.82, 2.24) is 5.32 Å². The highest BCUT2D eigenvalue weighted by Crippen LogP contribution is 2.30. The summed E-state index contributed by atoms with van der Waals surface area (Å²) in [6.07, 6.45) is 0.653. The molecule has 5 nitrogen and oxygen atoms in total. The molecular weight excluding hydrogens is 407 g/mol. The van der Waals surface area contributed by atoms with Crippen LogP contribution in [0.4, 0.5) is 10.5 Å². The van der Waals surface area contributed by atoms with Gasteiger partial charge in [-0.2, -0.15) is 0 Å². The molecule has 0 bridgehead atoms. The highest BCUT2D eigenvalue weighted by Gasteiger charge is 2.09. The lowest BCUT2D eigenvalue weighted by Crippen LogP contribution is -2.30. The van der Waals surface area contributed by atoms with Crippen molar-refractivity contribution in [3.05, 3.63) is 51.6 Å². The molecule has 2 N–H and O–H groups in total. The van der Waals surface area contributed by atoms with Crippen LogP contribution in [0, 0.1) is 3.57 Å². The average molecular weight is 426 g/mol. The summed E-state index contributed by atoms with van der Waals surface area (Å²) >= 11 is 2.21. The Morgan fingerprint density at radius 1 is 1.13 bits per heavy atom. The van der Waals surface area contributed by atoms with Crippen LogP contribution in [0.1, 0.15) is 5.56 Å². The summed E-state index contributed by atoms with van der Waals surface area (Å²) in [4.78, 5) is 11.9. The predicted molar refractivity (Wildman–Crippen MR) is 99.4 cm³/mol. The number of hydrogen-bond donors (Lipinski definition) is 2. The monoisotopic (exact) mass is 426 g/mol. The van der Waals surface area contributed by atoms with Gasteiger partial charge in [-0.3, -0.25) is 0 Å². The summed E-state index contributed by atoms with van der Waals surface area (Å²) in [7, 11) is 3.22. The van der Waals surface area contributed by atoms with Gasteiger partial charge in [-0.05, 0) is 58.8 Å². The highest BCUT2D eigenvalue weighted by molar-refractivity contribution is 14.1. The van der Waals surface area contributed by atoms with Crippen molar-refractivity contribution in [2.75, 3.05) is 26.1 Å². The third-order valence-corrected chi connectivity index (χ3v) is 3.92. The van der Waals surface area contributed by atoms with E-state index in [1.54, 1.807) is 14.2 Å². The summed E-state index contributed by atoms with van der Waals surface area (Å²) in [6, 6.07) is 13.1. The molecule has 2 aromatic rings. The van der Waals surface area contributed by atoms with Gasteiger partial charge in [-0.1, -0.05) is 18.2 Å². The largest absolute Gasteiger partial charge is 0.493 e. The Hall–Kier alpha value is -1.96. The van der Waals surface area contributed by atoms with Crippen LogP contribution in [0.25, 0.3) is 0 Å². The maximum atomic E-state index is 11.9. The number of methoxy groups -OCH3 is 2. The normalized spacial score (nSPS) is 10.0. The molecule has 23 heavy (non-hydrogen) atoms. The van der Waals surface area contributed by atoms with Crippen molar-refractivity contribution < 1.29 is 14.3 Å². The van der Waals surface area contributed by atoms with Crippen LogP contribution in [-0.4, -0.2) is 26.8 Å². The van der Waals surface area contributed by atoms with E-state index < -0.39 is 0 Å². The molecule has 0 atom stereocenters. The number of amides is 2. The summed E-state index contributed by atoms with van der Waals surface area (Å²) in [5.41, 5.74) is 1.76. The fraction of sp³-hybridized carbons (Fsp3) is 0.235. The first kappa shape index (κ1) is 17.4. The van der Waals surface area contributed by atoms with E-state index in [2.05, 4.69) is 33.2 Å². The van der Waals surface area contributed by atoms with E-state index in [9.17, 15) is 4.79 Å². The van der Waals surface area contributed by atoms with Crippen molar-refractivity contribution in [1.29, 1.82) is 0 Å². The average Bonchev–Trinajstić information content (AvgIpc) is 2.54. The minimum atomic E-state index is -0.228. The Labute approximate surface area is 149 Å². The second kappa shape index (κ2) is 8.61. The van der Waals surface area contributed by atoms with Crippen LogP contribution in [0.5, 0.6) is 11.5 Å². The van der Waals surface area contributed by atoms with Gasteiger partial charge in [0.1, 0.15) is 0 Å². The molecular formula is C17H19IN2O3. The molecule has 0 saturated carbocycles. The molecule has 0 aliphatic rings. The Morgan fingerprint density at radius 3 is 2.61 bits per heavy atom. The van der Waals surface area contributed by atoms with E-state index in [0.717, 1.165) is 14.8 Å². The lowest BCUT2D eigenvalue weighted by Gasteiger charge is -2.13. The maximum absolute atomic E-state index is 11.9. The van der Waals surface area contributed by atoms with E-state index in [4.69, 9.17) is 9.47 Å². The van der Waals surface area contributed by atoms with Crippen molar-refractivity contribution >= 4 is 34.3 Å². The molecule has 0 heterocycles. The van der Waals surface area contributed by atoms with Crippen LogP contribution in [0.2, 0.25) is 0 Å². The summed E-state index contributed by atoms with van der Waals surface area (Å²) in [5, 5.41) is 5.65. The maximum Gasteiger partial charge on any atom is 0.319 e. The van der Waals surface area contributed by atoms with Crippen LogP contribution < -0.4 is 20.1 Å². The number of hydrogen-bond acceptors (Lipinski definition) is 3. The summed E-state index contributed by atoms with van der Waals surface area (Å²) < 4.78 is 11.7. The van der Waals surface area contributed by atoms with Gasteiger partial charge in [0.2, 0.25) is 0 Å². The van der Waals surface area contributed by atoms with Gasteiger partial charge in [0.15, 0.2) is 11.5 Å². The van der Waals surface area contributed by atoms with E-state index in [0.29, 0.717) is 24.5 Å². The van der Waals surface area contributed by atoms with Crippen LogP contribution >= 0.6 is 22.6 Å². The number of ether oxygens (including phenoxy) is 2. The number of benzene rings is 2. The first-order valence-corrected chi connectivity index (χ1v) is 8.22. The minimum absolute atomic E-state index is 0.228. The highest BCUT2D eigenvalue weighted by atomic mass is 127. The lowest BCUT2D eigenvalue weighted by molar-refractivity contribution is 0.252. The van der Waals surface area contributed by atoms with Gasteiger partial charge >= 0.3 is 6.03 Å². The topological polar surface area (TPSA) is 59.6 Å². The molecule has 0 saturated heterocycles. The molecule has 2 aromatic carbocycles. The SMILES string of the molecule is COc1cccc(CCNC(=O)Nc2cccc(I)c2)c1OC. The Morgan fingerprint density at radius 2 is 1.91 bits per heavy atom. The predicted octanol–water partition coefficient (Wildman–Crippen LogP) is 3.67. The molecule has 0 radical (unpaired) electrons. The van der Waals surface area contributed by atoms with Crippen molar-refractivity contribution in [3.8, 4) is 11.5 Å². The van der Waals surface area contributed by atoms with E-state index in [1.165, 1.54) is 0 Å². The zero-order valence-corrected chi connectivity index (χ0v) is 15.2. The van der Waals surface area contributed by atoms with Crippen LogP contribution in [0.3, 0.4) is 0 Å². The second-order valence-electron chi connectivity index (χ2n) is 4.79. The molecule has 2 amide bonds. The quantitative estimate of drug-likeness (QED) is 0.694. The van der Waals surface area contributed by atoms with E-state index in [1.807, 2.05) is 42.5 Å². The van der Waals surface area contributed by atoms with Gasteiger partial charge in [0, 0.05) is 15.8 Å². The van der Waals surface area contributed by atoms with Gasteiger partial charge in [0.05, 0.1) is 14.2 Å². The Balaban J connectivity index is 1.88. The van der Waals surface area contributed by atoms with Crippen molar-refractivity contribution in [2.24, 2.45) is 0 Å². The molecule has 122 valence electrons. The summed E-state index contributed by atoms with van der Waals surface area (Å²) in [5.74, 6) is 1.39. The molecule has 0 aliphatic heterocycles. The third kappa shape index (κ3) is 5.02. The smallest absolute Gasteiger partial charge is 0.319 e. The molecule has 6 heteroatoms. The fourth-order valence-electron chi connectivity index (χ4n) is 2.20. The van der Waals surface area contributed by atoms with Crippen molar-refractivity contribution in [2.45, 2.75) is 6.42 Å². The van der Waals surface area contributed by atoms with E-state index in [-0.39, 0.29) is 6.03 Å². The number of anilines is 1. The molecule has 0 aromatic heterocycles. The molecule has 0 spiro atoms.